The van der Waals surface area contributed by atoms with Crippen molar-refractivity contribution in [2.75, 3.05) is 11.9 Å². The molecule has 18 heavy (non-hydrogen) atoms. The summed E-state index contributed by atoms with van der Waals surface area (Å²) < 4.78 is 13.2. The highest BCUT2D eigenvalue weighted by molar-refractivity contribution is 5.47. The van der Waals surface area contributed by atoms with Crippen LogP contribution >= 0.6 is 0 Å². The lowest BCUT2D eigenvalue weighted by molar-refractivity contribution is 0.371. The molecule has 0 aromatic heterocycles. The standard InChI is InChI=1S/C14H21FN2O/c1-10(8-11-4-2-3-7-16-11)17-12-5-6-14(18)13(15)9-12/h5-6,9-11,16-18H,2-4,7-8H2,1H3. The molecule has 3 nitrogen and oxygen atoms in total. The Kier molecular flexibility index (Phi) is 4.42. The molecule has 1 aliphatic rings. The van der Waals surface area contributed by atoms with Gasteiger partial charge in [0.25, 0.3) is 0 Å². The van der Waals surface area contributed by atoms with Crippen molar-refractivity contribution >= 4 is 5.69 Å². The van der Waals surface area contributed by atoms with Crippen LogP contribution < -0.4 is 10.6 Å². The number of phenols is 1. The Hall–Kier alpha value is -1.29. The van der Waals surface area contributed by atoms with Crippen LogP contribution in [0.25, 0.3) is 0 Å². The van der Waals surface area contributed by atoms with Crippen LogP contribution in [0.5, 0.6) is 5.75 Å². The molecule has 1 saturated heterocycles. The molecule has 0 aliphatic carbocycles. The normalized spacial score (nSPS) is 21.6. The number of aromatic hydroxyl groups is 1. The molecular formula is C14H21FN2O. The summed E-state index contributed by atoms with van der Waals surface area (Å²) >= 11 is 0. The maximum atomic E-state index is 13.2. The summed E-state index contributed by atoms with van der Waals surface area (Å²) in [6, 6.07) is 5.25. The van der Waals surface area contributed by atoms with Crippen molar-refractivity contribution in [1.82, 2.24) is 5.32 Å². The second-order valence-electron chi connectivity index (χ2n) is 5.09. The monoisotopic (exact) mass is 252 g/mol. The predicted molar refractivity (Wildman–Crippen MR) is 71.4 cm³/mol. The summed E-state index contributed by atoms with van der Waals surface area (Å²) in [5.41, 5.74) is 0.716. The summed E-state index contributed by atoms with van der Waals surface area (Å²) in [5, 5.41) is 15.9. The topological polar surface area (TPSA) is 44.3 Å². The third-order valence-corrected chi connectivity index (χ3v) is 3.41. The number of anilines is 1. The smallest absolute Gasteiger partial charge is 0.166 e. The lowest BCUT2D eigenvalue weighted by Crippen LogP contribution is -2.37. The van der Waals surface area contributed by atoms with Crippen molar-refractivity contribution in [3.05, 3.63) is 24.0 Å². The Bertz CT molecular complexity index is 391. The fourth-order valence-corrected chi connectivity index (χ4v) is 2.49. The van der Waals surface area contributed by atoms with Crippen molar-refractivity contribution in [2.24, 2.45) is 0 Å². The van der Waals surface area contributed by atoms with Crippen LogP contribution in [0.1, 0.15) is 32.6 Å². The summed E-state index contributed by atoms with van der Waals surface area (Å²) in [6.07, 6.45) is 4.80. The van der Waals surface area contributed by atoms with Crippen LogP contribution in [-0.2, 0) is 0 Å². The lowest BCUT2D eigenvalue weighted by Gasteiger charge is -2.27. The Labute approximate surface area is 107 Å². The van der Waals surface area contributed by atoms with Gasteiger partial charge in [-0.3, -0.25) is 0 Å². The van der Waals surface area contributed by atoms with Gasteiger partial charge in [0.2, 0.25) is 0 Å². The molecule has 2 atom stereocenters. The fraction of sp³-hybridized carbons (Fsp3) is 0.571. The number of piperidine rings is 1. The van der Waals surface area contributed by atoms with Crippen LogP contribution in [0.4, 0.5) is 10.1 Å². The number of benzene rings is 1. The first-order chi connectivity index (χ1) is 8.65. The molecule has 1 aliphatic heterocycles. The largest absolute Gasteiger partial charge is 0.505 e. The maximum Gasteiger partial charge on any atom is 0.166 e. The number of hydrogen-bond donors (Lipinski definition) is 3. The Morgan fingerprint density at radius 3 is 3.00 bits per heavy atom. The molecule has 100 valence electrons. The first kappa shape index (κ1) is 13.1. The fourth-order valence-electron chi connectivity index (χ4n) is 2.49. The third-order valence-electron chi connectivity index (χ3n) is 3.41. The Morgan fingerprint density at radius 2 is 2.33 bits per heavy atom. The van der Waals surface area contributed by atoms with Crippen molar-refractivity contribution in [3.8, 4) is 5.75 Å². The Morgan fingerprint density at radius 1 is 1.50 bits per heavy atom. The van der Waals surface area contributed by atoms with Gasteiger partial charge < -0.3 is 15.7 Å². The zero-order valence-corrected chi connectivity index (χ0v) is 10.7. The second-order valence-corrected chi connectivity index (χ2v) is 5.09. The van der Waals surface area contributed by atoms with E-state index >= 15 is 0 Å². The SMILES string of the molecule is CC(CC1CCCCN1)Nc1ccc(O)c(F)c1. The molecule has 2 rings (SSSR count). The summed E-state index contributed by atoms with van der Waals surface area (Å²) in [7, 11) is 0. The summed E-state index contributed by atoms with van der Waals surface area (Å²) in [4.78, 5) is 0. The van der Waals surface area contributed by atoms with Crippen LogP contribution in [0, 0.1) is 5.82 Å². The van der Waals surface area contributed by atoms with Crippen molar-refractivity contribution < 1.29 is 9.50 Å². The van der Waals surface area contributed by atoms with E-state index < -0.39 is 5.82 Å². The number of hydrogen-bond acceptors (Lipinski definition) is 3. The number of phenolic OH excluding ortho intramolecular Hbond substituents is 1. The van der Waals surface area contributed by atoms with Crippen LogP contribution in [0.2, 0.25) is 0 Å². The number of halogens is 1. The highest BCUT2D eigenvalue weighted by Gasteiger charge is 2.15. The van der Waals surface area contributed by atoms with E-state index in [-0.39, 0.29) is 11.8 Å². The van der Waals surface area contributed by atoms with Gasteiger partial charge in [0.1, 0.15) is 0 Å². The minimum Gasteiger partial charge on any atom is -0.505 e. The maximum absolute atomic E-state index is 13.2. The van der Waals surface area contributed by atoms with Gasteiger partial charge in [0.15, 0.2) is 11.6 Å². The van der Waals surface area contributed by atoms with Crippen LogP contribution in [0.3, 0.4) is 0 Å². The van der Waals surface area contributed by atoms with Crippen molar-refractivity contribution in [3.63, 3.8) is 0 Å². The molecule has 0 amide bonds. The average molecular weight is 252 g/mol. The molecule has 1 fully saturated rings. The van der Waals surface area contributed by atoms with Gasteiger partial charge in [0, 0.05) is 23.8 Å². The van der Waals surface area contributed by atoms with Crippen LogP contribution in [-0.4, -0.2) is 23.7 Å². The van der Waals surface area contributed by atoms with Gasteiger partial charge in [-0.2, -0.15) is 0 Å². The van der Waals surface area contributed by atoms with E-state index in [0.29, 0.717) is 11.7 Å². The molecule has 0 spiro atoms. The van der Waals surface area contributed by atoms with Crippen molar-refractivity contribution in [1.29, 1.82) is 0 Å². The highest BCUT2D eigenvalue weighted by atomic mass is 19.1. The molecule has 0 saturated carbocycles. The zero-order valence-electron chi connectivity index (χ0n) is 10.7. The molecule has 0 radical (unpaired) electrons. The summed E-state index contributed by atoms with van der Waals surface area (Å²) in [5.74, 6) is -0.884. The van der Waals surface area contributed by atoms with Gasteiger partial charge in [-0.05, 0) is 44.9 Å². The van der Waals surface area contributed by atoms with E-state index in [9.17, 15) is 4.39 Å². The van der Waals surface area contributed by atoms with Gasteiger partial charge in [-0.25, -0.2) is 4.39 Å². The molecular weight excluding hydrogens is 231 g/mol. The quantitative estimate of drug-likeness (QED) is 0.722. The minimum absolute atomic E-state index is 0.282. The minimum atomic E-state index is -0.581. The van der Waals surface area contributed by atoms with E-state index in [1.54, 1.807) is 6.07 Å². The van der Waals surface area contributed by atoms with Crippen molar-refractivity contribution in [2.45, 2.75) is 44.7 Å². The molecule has 4 heteroatoms. The van der Waals surface area contributed by atoms with Gasteiger partial charge in [0.05, 0.1) is 0 Å². The van der Waals surface area contributed by atoms with Gasteiger partial charge in [-0.15, -0.1) is 0 Å². The van der Waals surface area contributed by atoms with E-state index in [1.165, 1.54) is 31.4 Å². The molecule has 3 N–H and O–H groups in total. The molecule has 1 heterocycles. The first-order valence-electron chi connectivity index (χ1n) is 6.63. The molecule has 0 bridgehead atoms. The van der Waals surface area contributed by atoms with E-state index in [1.807, 2.05) is 0 Å². The average Bonchev–Trinajstić information content (AvgIpc) is 2.35. The van der Waals surface area contributed by atoms with E-state index in [0.717, 1.165) is 13.0 Å². The Balaban J connectivity index is 1.85. The van der Waals surface area contributed by atoms with Gasteiger partial charge >= 0.3 is 0 Å². The van der Waals surface area contributed by atoms with E-state index in [4.69, 9.17) is 5.11 Å². The first-order valence-corrected chi connectivity index (χ1v) is 6.63. The molecule has 2 unspecified atom stereocenters. The second kappa shape index (κ2) is 6.05. The van der Waals surface area contributed by atoms with Crippen LogP contribution in [0.15, 0.2) is 18.2 Å². The number of nitrogens with one attached hydrogen (secondary N) is 2. The van der Waals surface area contributed by atoms with Gasteiger partial charge in [-0.1, -0.05) is 6.42 Å². The highest BCUT2D eigenvalue weighted by Crippen LogP contribution is 2.21. The predicted octanol–water partition coefficient (Wildman–Crippen LogP) is 2.86. The third kappa shape index (κ3) is 3.60. The lowest BCUT2D eigenvalue weighted by atomic mass is 9.98. The number of rotatable bonds is 4. The zero-order chi connectivity index (χ0) is 13.0. The molecule has 1 aromatic rings. The van der Waals surface area contributed by atoms with E-state index in [2.05, 4.69) is 17.6 Å². The summed E-state index contributed by atoms with van der Waals surface area (Å²) in [6.45, 7) is 3.20. The molecule has 1 aromatic carbocycles.